The van der Waals surface area contributed by atoms with Gasteiger partial charge in [-0.2, -0.15) is 13.2 Å². The summed E-state index contributed by atoms with van der Waals surface area (Å²) >= 11 is 0. The molecular weight excluding hydrogens is 329 g/mol. The lowest BCUT2D eigenvalue weighted by atomic mass is 9.90. The third-order valence-corrected chi connectivity index (χ3v) is 6.40. The molecule has 2 aliphatic heterocycles. The van der Waals surface area contributed by atoms with E-state index in [-0.39, 0.29) is 29.6 Å². The average Bonchev–Trinajstić information content (AvgIpc) is 3.25. The Hall–Kier alpha value is -1.56. The van der Waals surface area contributed by atoms with Crippen molar-refractivity contribution in [1.29, 1.82) is 0 Å². The minimum absolute atomic E-state index is 0.0317. The van der Waals surface area contributed by atoms with Gasteiger partial charge in [0, 0.05) is 25.2 Å². The fraction of sp³-hybridized carbons (Fsp3) is 0.632. The molecule has 1 aliphatic carbocycles. The van der Waals surface area contributed by atoms with Crippen molar-refractivity contribution in [3.8, 4) is 0 Å². The molecule has 2 heterocycles. The topological polar surface area (TPSA) is 23.6 Å². The zero-order valence-electron chi connectivity index (χ0n) is 14.6. The number of fused-ring (bicyclic) bond motifs is 1. The number of piperidine rings is 1. The van der Waals surface area contributed by atoms with E-state index < -0.39 is 11.7 Å². The largest absolute Gasteiger partial charge is 0.416 e. The molecule has 6 heteroatoms. The lowest BCUT2D eigenvalue weighted by molar-refractivity contribution is -0.138. The number of carbonyl (C=O) groups is 1. The summed E-state index contributed by atoms with van der Waals surface area (Å²) in [5, 5.41) is 0. The van der Waals surface area contributed by atoms with Gasteiger partial charge in [-0.05, 0) is 74.4 Å². The standard InChI is InChI=1S/C19H23F3N2O/c1-12(24-7-5-18(3-4-18)6-8-24)13-9-14-15(11-23(2)17(14)25)16(10-13)19(20,21)22/h9-10,12H,3-8,11H2,1-2H3. The van der Waals surface area contributed by atoms with E-state index in [0.29, 0.717) is 11.0 Å². The van der Waals surface area contributed by atoms with E-state index in [1.807, 2.05) is 6.92 Å². The molecule has 3 nitrogen and oxygen atoms in total. The summed E-state index contributed by atoms with van der Waals surface area (Å²) in [6.07, 6.45) is 0.428. The molecule has 1 aromatic rings. The monoisotopic (exact) mass is 352 g/mol. The molecule has 1 saturated carbocycles. The van der Waals surface area contributed by atoms with Crippen LogP contribution in [0.2, 0.25) is 0 Å². The molecule has 0 bridgehead atoms. The molecule has 3 aliphatic rings. The predicted octanol–water partition coefficient (Wildman–Crippen LogP) is 4.23. The maximum absolute atomic E-state index is 13.5. The Labute approximate surface area is 145 Å². The number of amides is 1. The van der Waals surface area contributed by atoms with Crippen molar-refractivity contribution < 1.29 is 18.0 Å². The first-order chi connectivity index (χ1) is 11.7. The fourth-order valence-corrected chi connectivity index (χ4v) is 4.34. The minimum Gasteiger partial charge on any atom is -0.337 e. The van der Waals surface area contributed by atoms with Crippen LogP contribution in [0.3, 0.4) is 0 Å². The van der Waals surface area contributed by atoms with E-state index in [1.54, 1.807) is 13.1 Å². The molecule has 0 N–H and O–H groups in total. The lowest BCUT2D eigenvalue weighted by Gasteiger charge is -2.36. The van der Waals surface area contributed by atoms with Crippen LogP contribution in [0.5, 0.6) is 0 Å². The van der Waals surface area contributed by atoms with Crippen LogP contribution in [0.25, 0.3) is 0 Å². The van der Waals surface area contributed by atoms with E-state index in [4.69, 9.17) is 0 Å². The molecule has 1 unspecified atom stereocenters. The number of benzene rings is 1. The Morgan fingerprint density at radius 3 is 2.32 bits per heavy atom. The normalized spacial score (nSPS) is 23.9. The van der Waals surface area contributed by atoms with Crippen molar-refractivity contribution in [2.24, 2.45) is 5.41 Å². The molecule has 1 amide bonds. The molecule has 1 aromatic carbocycles. The van der Waals surface area contributed by atoms with Crippen LogP contribution in [0, 0.1) is 5.41 Å². The lowest BCUT2D eigenvalue weighted by Crippen LogP contribution is -2.36. The van der Waals surface area contributed by atoms with Crippen LogP contribution in [0.1, 0.15) is 65.7 Å². The van der Waals surface area contributed by atoms with Crippen LogP contribution in [0.4, 0.5) is 13.2 Å². The van der Waals surface area contributed by atoms with Gasteiger partial charge < -0.3 is 4.90 Å². The first-order valence-corrected chi connectivity index (χ1v) is 8.94. The Morgan fingerprint density at radius 2 is 1.76 bits per heavy atom. The van der Waals surface area contributed by atoms with Crippen LogP contribution in [-0.4, -0.2) is 35.8 Å². The molecule has 1 saturated heterocycles. The smallest absolute Gasteiger partial charge is 0.337 e. The van der Waals surface area contributed by atoms with Crippen LogP contribution >= 0.6 is 0 Å². The highest BCUT2D eigenvalue weighted by Gasteiger charge is 2.45. The molecule has 0 aromatic heterocycles. The highest BCUT2D eigenvalue weighted by Crippen LogP contribution is 2.54. The van der Waals surface area contributed by atoms with Crippen LogP contribution in [-0.2, 0) is 12.7 Å². The maximum atomic E-state index is 13.5. The Morgan fingerprint density at radius 1 is 1.12 bits per heavy atom. The van der Waals surface area contributed by atoms with E-state index in [9.17, 15) is 18.0 Å². The van der Waals surface area contributed by atoms with Gasteiger partial charge in [0.1, 0.15) is 0 Å². The van der Waals surface area contributed by atoms with Gasteiger partial charge >= 0.3 is 6.18 Å². The quantitative estimate of drug-likeness (QED) is 0.795. The first kappa shape index (κ1) is 16.9. The summed E-state index contributed by atoms with van der Waals surface area (Å²) in [5.74, 6) is -0.315. The van der Waals surface area contributed by atoms with E-state index in [0.717, 1.165) is 25.9 Å². The number of rotatable bonds is 2. The van der Waals surface area contributed by atoms with Crippen molar-refractivity contribution in [1.82, 2.24) is 9.80 Å². The van der Waals surface area contributed by atoms with E-state index >= 15 is 0 Å². The van der Waals surface area contributed by atoms with Crippen molar-refractivity contribution >= 4 is 5.91 Å². The summed E-state index contributed by atoms with van der Waals surface area (Å²) in [6, 6.07) is 2.83. The van der Waals surface area contributed by atoms with Gasteiger partial charge in [-0.25, -0.2) is 0 Å². The number of carbonyl (C=O) groups excluding carboxylic acids is 1. The molecule has 4 rings (SSSR count). The van der Waals surface area contributed by atoms with Gasteiger partial charge in [0.25, 0.3) is 5.91 Å². The van der Waals surface area contributed by atoms with Gasteiger partial charge in [0.05, 0.1) is 5.56 Å². The fourth-order valence-electron chi connectivity index (χ4n) is 4.34. The molecule has 1 atom stereocenters. The highest BCUT2D eigenvalue weighted by molar-refractivity contribution is 5.98. The van der Waals surface area contributed by atoms with Crippen molar-refractivity contribution in [3.05, 3.63) is 34.4 Å². The van der Waals surface area contributed by atoms with Crippen LogP contribution < -0.4 is 0 Å². The van der Waals surface area contributed by atoms with Gasteiger partial charge in [-0.1, -0.05) is 0 Å². The minimum atomic E-state index is -4.44. The first-order valence-electron chi connectivity index (χ1n) is 8.94. The van der Waals surface area contributed by atoms with Crippen molar-refractivity contribution in [2.75, 3.05) is 20.1 Å². The summed E-state index contributed by atoms with van der Waals surface area (Å²) in [5.41, 5.74) is 0.812. The van der Waals surface area contributed by atoms with Crippen LogP contribution in [0.15, 0.2) is 12.1 Å². The summed E-state index contributed by atoms with van der Waals surface area (Å²) in [6.45, 7) is 3.83. The number of likely N-dealkylation sites (tertiary alicyclic amines) is 1. The maximum Gasteiger partial charge on any atom is 0.416 e. The number of alkyl halides is 3. The number of nitrogens with zero attached hydrogens (tertiary/aromatic N) is 2. The second kappa shape index (κ2) is 5.47. The Balaban J connectivity index is 1.67. The number of halogens is 3. The summed E-state index contributed by atoms with van der Waals surface area (Å²) in [7, 11) is 1.55. The zero-order chi connectivity index (χ0) is 18.0. The van der Waals surface area contributed by atoms with Gasteiger partial charge in [-0.3, -0.25) is 9.69 Å². The van der Waals surface area contributed by atoms with E-state index in [2.05, 4.69) is 4.90 Å². The third kappa shape index (κ3) is 2.84. The summed E-state index contributed by atoms with van der Waals surface area (Å²) in [4.78, 5) is 15.9. The molecule has 0 radical (unpaired) electrons. The summed E-state index contributed by atoms with van der Waals surface area (Å²) < 4.78 is 40.6. The molecule has 2 fully saturated rings. The van der Waals surface area contributed by atoms with Gasteiger partial charge in [-0.15, -0.1) is 0 Å². The molecule has 25 heavy (non-hydrogen) atoms. The second-order valence-corrected chi connectivity index (χ2v) is 7.97. The number of hydrogen-bond donors (Lipinski definition) is 0. The second-order valence-electron chi connectivity index (χ2n) is 7.97. The third-order valence-electron chi connectivity index (χ3n) is 6.40. The highest BCUT2D eigenvalue weighted by atomic mass is 19.4. The van der Waals surface area contributed by atoms with Crippen molar-refractivity contribution in [2.45, 2.75) is 51.4 Å². The van der Waals surface area contributed by atoms with Gasteiger partial charge in [0.15, 0.2) is 0 Å². The Bertz CT molecular complexity index is 714. The molecular formula is C19H23F3N2O. The average molecular weight is 352 g/mol. The molecule has 1 spiro atoms. The SMILES string of the molecule is CC(c1cc2c(c(C(F)(F)F)c1)CN(C)C2=O)N1CCC2(CC1)CC2. The van der Waals surface area contributed by atoms with Gasteiger partial charge in [0.2, 0.25) is 0 Å². The van der Waals surface area contributed by atoms with E-state index in [1.165, 1.54) is 23.8 Å². The number of hydrogen-bond acceptors (Lipinski definition) is 2. The zero-order valence-corrected chi connectivity index (χ0v) is 14.6. The molecule has 136 valence electrons. The Kier molecular flexibility index (Phi) is 3.69. The predicted molar refractivity (Wildman–Crippen MR) is 88.1 cm³/mol. The van der Waals surface area contributed by atoms with Crippen molar-refractivity contribution in [3.63, 3.8) is 0 Å².